The number of carbonyl (C=O) groups is 1. The number of halogens is 1. The molecule has 1 heterocycles. The molecule has 0 atom stereocenters. The van der Waals surface area contributed by atoms with E-state index in [2.05, 4.69) is 31.5 Å². The minimum Gasteiger partial charge on any atom is -0.396 e. The van der Waals surface area contributed by atoms with E-state index < -0.39 is 0 Å². The third kappa shape index (κ3) is 4.75. The van der Waals surface area contributed by atoms with Gasteiger partial charge in [0.2, 0.25) is 0 Å². The molecule has 1 aromatic heterocycles. The fraction of sp³-hybridized carbons (Fsp3) is 0.333. The monoisotopic (exact) mass is 273 g/mol. The van der Waals surface area contributed by atoms with Crippen molar-refractivity contribution in [1.29, 1.82) is 0 Å². The normalized spacial score (nSPS) is 9.73. The van der Waals surface area contributed by atoms with Crippen LogP contribution in [0.3, 0.4) is 0 Å². The highest BCUT2D eigenvalue weighted by atomic mass is 79.9. The third-order valence-corrected chi connectivity index (χ3v) is 2.07. The van der Waals surface area contributed by atoms with Crippen LogP contribution in [0.1, 0.15) is 6.42 Å². The van der Waals surface area contributed by atoms with Gasteiger partial charge < -0.3 is 15.7 Å². The molecule has 2 amide bonds. The fourth-order valence-electron chi connectivity index (χ4n) is 0.906. The summed E-state index contributed by atoms with van der Waals surface area (Å²) in [7, 11) is 0. The maximum absolute atomic E-state index is 11.2. The van der Waals surface area contributed by atoms with E-state index >= 15 is 0 Å². The Morgan fingerprint density at radius 1 is 1.53 bits per heavy atom. The largest absolute Gasteiger partial charge is 0.396 e. The van der Waals surface area contributed by atoms with Crippen LogP contribution in [0.2, 0.25) is 0 Å². The third-order valence-electron chi connectivity index (χ3n) is 1.61. The van der Waals surface area contributed by atoms with Crippen molar-refractivity contribution in [3.05, 3.63) is 22.9 Å². The van der Waals surface area contributed by atoms with E-state index in [1.54, 1.807) is 18.3 Å². The molecule has 0 aliphatic rings. The number of nitrogens with zero attached hydrogens (tertiary/aromatic N) is 1. The second-order valence-electron chi connectivity index (χ2n) is 2.83. The molecule has 0 aliphatic heterocycles. The van der Waals surface area contributed by atoms with Gasteiger partial charge in [-0.1, -0.05) is 0 Å². The van der Waals surface area contributed by atoms with Crippen molar-refractivity contribution in [2.75, 3.05) is 18.5 Å². The van der Waals surface area contributed by atoms with Crippen LogP contribution >= 0.6 is 15.9 Å². The molecule has 82 valence electrons. The van der Waals surface area contributed by atoms with Gasteiger partial charge in [-0.2, -0.15) is 0 Å². The lowest BCUT2D eigenvalue weighted by molar-refractivity contribution is 0.249. The molecule has 6 heteroatoms. The first kappa shape index (κ1) is 11.9. The Morgan fingerprint density at radius 2 is 2.33 bits per heavy atom. The Balaban J connectivity index is 2.34. The van der Waals surface area contributed by atoms with Gasteiger partial charge in [-0.15, -0.1) is 0 Å². The molecular weight excluding hydrogens is 262 g/mol. The lowest BCUT2D eigenvalue weighted by atomic mass is 10.4. The zero-order chi connectivity index (χ0) is 11.1. The van der Waals surface area contributed by atoms with Crippen molar-refractivity contribution in [2.24, 2.45) is 0 Å². The van der Waals surface area contributed by atoms with E-state index in [1.807, 2.05) is 0 Å². The van der Waals surface area contributed by atoms with Gasteiger partial charge in [0.25, 0.3) is 0 Å². The van der Waals surface area contributed by atoms with Crippen LogP contribution in [-0.2, 0) is 0 Å². The number of urea groups is 1. The maximum atomic E-state index is 11.2. The molecule has 0 saturated heterocycles. The summed E-state index contributed by atoms with van der Waals surface area (Å²) >= 11 is 3.20. The number of aliphatic hydroxyl groups is 1. The molecule has 0 aromatic carbocycles. The van der Waals surface area contributed by atoms with Crippen molar-refractivity contribution in [2.45, 2.75) is 6.42 Å². The van der Waals surface area contributed by atoms with Gasteiger partial charge >= 0.3 is 6.03 Å². The number of aliphatic hydroxyl groups excluding tert-OH is 1. The number of rotatable bonds is 4. The predicted molar refractivity (Wildman–Crippen MR) is 60.7 cm³/mol. The minimum absolute atomic E-state index is 0.0696. The van der Waals surface area contributed by atoms with Crippen molar-refractivity contribution in [3.8, 4) is 0 Å². The number of hydrogen-bond donors (Lipinski definition) is 3. The summed E-state index contributed by atoms with van der Waals surface area (Å²) in [6.45, 7) is 0.520. The van der Waals surface area contributed by atoms with Gasteiger partial charge in [-0.05, 0) is 34.5 Å². The maximum Gasteiger partial charge on any atom is 0.319 e. The van der Waals surface area contributed by atoms with Crippen LogP contribution in [0.25, 0.3) is 0 Å². The number of hydrogen-bond acceptors (Lipinski definition) is 3. The fourth-order valence-corrected chi connectivity index (χ4v) is 1.14. The SMILES string of the molecule is O=C(NCCCO)Nc1ccc(Br)nc1. The number of carbonyl (C=O) groups excluding carboxylic acids is 1. The van der Waals surface area contributed by atoms with Crippen LogP contribution < -0.4 is 10.6 Å². The molecule has 0 fully saturated rings. The number of aromatic nitrogens is 1. The first-order valence-corrected chi connectivity index (χ1v) is 5.29. The van der Waals surface area contributed by atoms with E-state index in [4.69, 9.17) is 5.11 Å². The van der Waals surface area contributed by atoms with E-state index in [0.29, 0.717) is 23.3 Å². The molecule has 5 nitrogen and oxygen atoms in total. The zero-order valence-corrected chi connectivity index (χ0v) is 9.62. The molecule has 0 aliphatic carbocycles. The molecule has 3 N–H and O–H groups in total. The second-order valence-corrected chi connectivity index (χ2v) is 3.64. The van der Waals surface area contributed by atoms with Crippen LogP contribution in [0.4, 0.5) is 10.5 Å². The summed E-state index contributed by atoms with van der Waals surface area (Å²) in [6.07, 6.45) is 2.10. The van der Waals surface area contributed by atoms with Crippen molar-refractivity contribution < 1.29 is 9.90 Å². The van der Waals surface area contributed by atoms with E-state index in [-0.39, 0.29) is 12.6 Å². The van der Waals surface area contributed by atoms with Crippen LogP contribution in [-0.4, -0.2) is 29.3 Å². The molecule has 0 bridgehead atoms. The zero-order valence-electron chi connectivity index (χ0n) is 8.03. The number of anilines is 1. The molecule has 0 saturated carbocycles. The lowest BCUT2D eigenvalue weighted by Gasteiger charge is -2.06. The summed E-state index contributed by atoms with van der Waals surface area (Å²) in [6, 6.07) is 3.18. The van der Waals surface area contributed by atoms with Crippen LogP contribution in [0.15, 0.2) is 22.9 Å². The van der Waals surface area contributed by atoms with Gasteiger partial charge in [0.1, 0.15) is 4.60 Å². The molecule has 0 unspecified atom stereocenters. The van der Waals surface area contributed by atoms with Gasteiger partial charge in [0, 0.05) is 13.2 Å². The molecule has 0 radical (unpaired) electrons. The highest BCUT2D eigenvalue weighted by Crippen LogP contribution is 2.09. The quantitative estimate of drug-likeness (QED) is 0.573. The van der Waals surface area contributed by atoms with Crippen LogP contribution in [0.5, 0.6) is 0 Å². The summed E-state index contributed by atoms with van der Waals surface area (Å²) in [5.41, 5.74) is 0.625. The highest BCUT2D eigenvalue weighted by molar-refractivity contribution is 9.10. The first-order chi connectivity index (χ1) is 7.22. The van der Waals surface area contributed by atoms with E-state index in [9.17, 15) is 4.79 Å². The molecule has 15 heavy (non-hydrogen) atoms. The molecular formula is C9H12BrN3O2. The van der Waals surface area contributed by atoms with Gasteiger partial charge in [-0.3, -0.25) is 0 Å². The Bertz CT molecular complexity index is 316. The Kier molecular flexibility index (Phi) is 5.06. The van der Waals surface area contributed by atoms with Gasteiger partial charge in [0.05, 0.1) is 11.9 Å². The van der Waals surface area contributed by atoms with Crippen molar-refractivity contribution in [1.82, 2.24) is 10.3 Å². The Morgan fingerprint density at radius 3 is 2.93 bits per heavy atom. The average molecular weight is 274 g/mol. The number of pyridine rings is 1. The van der Waals surface area contributed by atoms with E-state index in [1.165, 1.54) is 0 Å². The lowest BCUT2D eigenvalue weighted by Crippen LogP contribution is -2.29. The average Bonchev–Trinajstić information content (AvgIpc) is 2.22. The minimum atomic E-state index is -0.299. The van der Waals surface area contributed by atoms with Crippen molar-refractivity contribution >= 4 is 27.6 Å². The van der Waals surface area contributed by atoms with Gasteiger partial charge in [0.15, 0.2) is 0 Å². The Labute approximate surface area is 96.0 Å². The molecule has 1 rings (SSSR count). The van der Waals surface area contributed by atoms with Crippen molar-refractivity contribution in [3.63, 3.8) is 0 Å². The Hall–Kier alpha value is -1.14. The summed E-state index contributed by atoms with van der Waals surface area (Å²) in [5.74, 6) is 0. The summed E-state index contributed by atoms with van der Waals surface area (Å²) in [5, 5.41) is 13.7. The molecule has 1 aromatic rings. The molecule has 0 spiro atoms. The summed E-state index contributed by atoms with van der Waals surface area (Å²) in [4.78, 5) is 15.2. The van der Waals surface area contributed by atoms with Gasteiger partial charge in [-0.25, -0.2) is 9.78 Å². The number of nitrogens with one attached hydrogen (secondary N) is 2. The second kappa shape index (κ2) is 6.36. The summed E-state index contributed by atoms with van der Waals surface area (Å²) < 4.78 is 0.716. The highest BCUT2D eigenvalue weighted by Gasteiger charge is 2.00. The number of amides is 2. The van der Waals surface area contributed by atoms with Crippen LogP contribution in [0, 0.1) is 0 Å². The topological polar surface area (TPSA) is 74.2 Å². The first-order valence-electron chi connectivity index (χ1n) is 4.49. The smallest absolute Gasteiger partial charge is 0.319 e. The predicted octanol–water partition coefficient (Wildman–Crippen LogP) is 1.35. The van der Waals surface area contributed by atoms with E-state index in [0.717, 1.165) is 0 Å². The standard InChI is InChI=1S/C9H12BrN3O2/c10-8-3-2-7(6-12-8)13-9(15)11-4-1-5-14/h2-3,6,14H,1,4-5H2,(H2,11,13,15).